The van der Waals surface area contributed by atoms with Crippen LogP contribution in [0.15, 0.2) is 0 Å². The summed E-state index contributed by atoms with van der Waals surface area (Å²) in [4.78, 5) is 0. The standard InChI is InChI=1S/C8H15NS.ClH/c1-2-5-9-8(3-1)4-6-10-7-8;/h9H,1-7H2;1H. The highest BCUT2D eigenvalue weighted by atomic mass is 35.5. The number of rotatable bonds is 0. The van der Waals surface area contributed by atoms with Crippen molar-refractivity contribution in [2.75, 3.05) is 18.1 Å². The summed E-state index contributed by atoms with van der Waals surface area (Å²) in [7, 11) is 0. The molecule has 1 spiro atoms. The lowest BCUT2D eigenvalue weighted by molar-refractivity contribution is 0.286. The molecule has 2 saturated heterocycles. The summed E-state index contributed by atoms with van der Waals surface area (Å²) < 4.78 is 0. The maximum atomic E-state index is 3.67. The lowest BCUT2D eigenvalue weighted by Crippen LogP contribution is -2.48. The molecule has 11 heavy (non-hydrogen) atoms. The molecule has 2 aliphatic rings. The third kappa shape index (κ3) is 2.04. The van der Waals surface area contributed by atoms with Gasteiger partial charge in [0.05, 0.1) is 0 Å². The molecule has 3 heteroatoms. The van der Waals surface area contributed by atoms with Crippen LogP contribution in [0.25, 0.3) is 0 Å². The van der Waals surface area contributed by atoms with Crippen LogP contribution in [-0.2, 0) is 0 Å². The lowest BCUT2D eigenvalue weighted by atomic mass is 9.89. The fraction of sp³-hybridized carbons (Fsp3) is 1.00. The largest absolute Gasteiger partial charge is 0.310 e. The summed E-state index contributed by atoms with van der Waals surface area (Å²) >= 11 is 2.12. The van der Waals surface area contributed by atoms with Gasteiger partial charge in [-0.05, 0) is 31.6 Å². The molecule has 0 aliphatic carbocycles. The van der Waals surface area contributed by atoms with Gasteiger partial charge >= 0.3 is 0 Å². The van der Waals surface area contributed by atoms with Crippen molar-refractivity contribution in [2.24, 2.45) is 0 Å². The van der Waals surface area contributed by atoms with E-state index in [9.17, 15) is 0 Å². The van der Waals surface area contributed by atoms with Crippen LogP contribution < -0.4 is 5.32 Å². The first-order chi connectivity index (χ1) is 4.91. The molecular weight excluding hydrogens is 178 g/mol. The Labute approximate surface area is 79.1 Å². The number of thioether (sulfide) groups is 1. The second-order valence-electron chi connectivity index (χ2n) is 3.47. The van der Waals surface area contributed by atoms with Crippen molar-refractivity contribution in [3.05, 3.63) is 0 Å². The first-order valence-electron chi connectivity index (χ1n) is 4.24. The second kappa shape index (κ2) is 4.01. The number of hydrogen-bond acceptors (Lipinski definition) is 2. The summed E-state index contributed by atoms with van der Waals surface area (Å²) in [6.45, 7) is 1.26. The highest BCUT2D eigenvalue weighted by Crippen LogP contribution is 2.33. The zero-order valence-electron chi connectivity index (χ0n) is 6.77. The van der Waals surface area contributed by atoms with Gasteiger partial charge in [-0.2, -0.15) is 11.8 Å². The SMILES string of the molecule is C1CCC2(CCSC2)NC1.Cl. The van der Waals surface area contributed by atoms with Crippen LogP contribution in [0.2, 0.25) is 0 Å². The molecule has 0 saturated carbocycles. The minimum atomic E-state index is 0. The van der Waals surface area contributed by atoms with Crippen LogP contribution in [0.4, 0.5) is 0 Å². The van der Waals surface area contributed by atoms with Gasteiger partial charge < -0.3 is 5.32 Å². The minimum Gasteiger partial charge on any atom is -0.310 e. The zero-order chi connectivity index (χ0) is 6.86. The van der Waals surface area contributed by atoms with Crippen molar-refractivity contribution in [1.82, 2.24) is 5.32 Å². The van der Waals surface area contributed by atoms with E-state index in [4.69, 9.17) is 0 Å². The topological polar surface area (TPSA) is 12.0 Å². The fourth-order valence-electron chi connectivity index (χ4n) is 1.97. The first-order valence-corrected chi connectivity index (χ1v) is 5.40. The summed E-state index contributed by atoms with van der Waals surface area (Å²) in [6, 6.07) is 0. The average Bonchev–Trinajstić information content (AvgIpc) is 2.39. The van der Waals surface area contributed by atoms with E-state index in [1.165, 1.54) is 43.7 Å². The average molecular weight is 194 g/mol. The van der Waals surface area contributed by atoms with E-state index in [1.807, 2.05) is 0 Å². The summed E-state index contributed by atoms with van der Waals surface area (Å²) in [5.74, 6) is 2.75. The van der Waals surface area contributed by atoms with E-state index in [1.54, 1.807) is 0 Å². The van der Waals surface area contributed by atoms with Gasteiger partial charge in [0.15, 0.2) is 0 Å². The maximum Gasteiger partial charge on any atom is 0.0279 e. The van der Waals surface area contributed by atoms with E-state index in [-0.39, 0.29) is 12.4 Å². The van der Waals surface area contributed by atoms with Crippen LogP contribution in [0.1, 0.15) is 25.7 Å². The summed E-state index contributed by atoms with van der Waals surface area (Å²) in [6.07, 6.45) is 5.69. The van der Waals surface area contributed by atoms with Crippen LogP contribution in [0.5, 0.6) is 0 Å². The van der Waals surface area contributed by atoms with Crippen molar-refractivity contribution in [1.29, 1.82) is 0 Å². The van der Waals surface area contributed by atoms with Gasteiger partial charge in [0.1, 0.15) is 0 Å². The number of piperidine rings is 1. The van der Waals surface area contributed by atoms with Gasteiger partial charge in [-0.25, -0.2) is 0 Å². The van der Waals surface area contributed by atoms with Gasteiger partial charge in [-0.1, -0.05) is 6.42 Å². The molecule has 0 radical (unpaired) electrons. The molecule has 0 amide bonds. The Balaban J connectivity index is 0.000000605. The first kappa shape index (κ1) is 9.69. The predicted molar refractivity (Wildman–Crippen MR) is 53.8 cm³/mol. The van der Waals surface area contributed by atoms with Crippen LogP contribution in [0, 0.1) is 0 Å². The lowest BCUT2D eigenvalue weighted by Gasteiger charge is -2.33. The van der Waals surface area contributed by atoms with Crippen LogP contribution >= 0.6 is 24.2 Å². The van der Waals surface area contributed by atoms with Crippen LogP contribution in [-0.4, -0.2) is 23.6 Å². The Morgan fingerprint density at radius 2 is 2.09 bits per heavy atom. The molecule has 0 aromatic rings. The molecule has 0 aromatic heterocycles. The Bertz CT molecular complexity index is 115. The van der Waals surface area contributed by atoms with Gasteiger partial charge in [0.2, 0.25) is 0 Å². The van der Waals surface area contributed by atoms with Crippen LogP contribution in [0.3, 0.4) is 0 Å². The molecule has 1 unspecified atom stereocenters. The quantitative estimate of drug-likeness (QED) is 0.632. The van der Waals surface area contributed by atoms with Crippen molar-refractivity contribution in [3.63, 3.8) is 0 Å². The minimum absolute atomic E-state index is 0. The Kier molecular flexibility index (Phi) is 3.53. The highest BCUT2D eigenvalue weighted by molar-refractivity contribution is 7.99. The molecule has 0 bridgehead atoms. The molecule has 0 aromatic carbocycles. The van der Waals surface area contributed by atoms with Gasteiger partial charge in [-0.3, -0.25) is 0 Å². The van der Waals surface area contributed by atoms with E-state index in [2.05, 4.69) is 17.1 Å². The molecular formula is C8H16ClNS. The van der Waals surface area contributed by atoms with Crippen molar-refractivity contribution in [2.45, 2.75) is 31.2 Å². The Hall–Kier alpha value is 0.600. The molecule has 2 rings (SSSR count). The Morgan fingerprint density at radius 1 is 1.18 bits per heavy atom. The maximum absolute atomic E-state index is 3.67. The molecule has 2 heterocycles. The monoisotopic (exact) mass is 193 g/mol. The van der Waals surface area contributed by atoms with Gasteiger partial charge in [-0.15, -0.1) is 12.4 Å². The predicted octanol–water partition coefficient (Wildman–Crippen LogP) is 2.06. The zero-order valence-corrected chi connectivity index (χ0v) is 8.40. The van der Waals surface area contributed by atoms with E-state index in [0.29, 0.717) is 5.54 Å². The van der Waals surface area contributed by atoms with E-state index >= 15 is 0 Å². The van der Waals surface area contributed by atoms with Crippen molar-refractivity contribution in [3.8, 4) is 0 Å². The van der Waals surface area contributed by atoms with E-state index < -0.39 is 0 Å². The number of halogens is 1. The molecule has 1 nitrogen and oxygen atoms in total. The molecule has 2 aliphatic heterocycles. The third-order valence-corrected chi connectivity index (χ3v) is 3.93. The third-order valence-electron chi connectivity index (χ3n) is 2.69. The summed E-state index contributed by atoms with van der Waals surface area (Å²) in [5, 5.41) is 3.67. The summed E-state index contributed by atoms with van der Waals surface area (Å²) in [5.41, 5.74) is 0.586. The highest BCUT2D eigenvalue weighted by Gasteiger charge is 2.34. The van der Waals surface area contributed by atoms with E-state index in [0.717, 1.165) is 0 Å². The number of hydrogen-bond donors (Lipinski definition) is 1. The van der Waals surface area contributed by atoms with Gasteiger partial charge in [0, 0.05) is 11.3 Å². The normalized spacial score (nSPS) is 37.1. The van der Waals surface area contributed by atoms with Crippen molar-refractivity contribution >= 4 is 24.2 Å². The Morgan fingerprint density at radius 3 is 2.64 bits per heavy atom. The molecule has 1 atom stereocenters. The smallest absolute Gasteiger partial charge is 0.0279 e. The number of nitrogens with one attached hydrogen (secondary N) is 1. The van der Waals surface area contributed by atoms with Gasteiger partial charge in [0.25, 0.3) is 0 Å². The molecule has 66 valence electrons. The van der Waals surface area contributed by atoms with Crippen molar-refractivity contribution < 1.29 is 0 Å². The second-order valence-corrected chi connectivity index (χ2v) is 4.57. The fourth-order valence-corrected chi connectivity index (χ4v) is 3.44. The molecule has 1 N–H and O–H groups in total. The molecule has 2 fully saturated rings.